The fourth-order valence-electron chi connectivity index (χ4n) is 1.85. The third kappa shape index (κ3) is 3.13. The quantitative estimate of drug-likeness (QED) is 0.697. The Labute approximate surface area is 95.0 Å². The molecule has 0 aromatic rings. The zero-order chi connectivity index (χ0) is 11.6. The van der Waals surface area contributed by atoms with E-state index in [4.69, 9.17) is 9.26 Å². The summed E-state index contributed by atoms with van der Waals surface area (Å²) in [4.78, 5) is 0. The Morgan fingerprint density at radius 3 is 2.40 bits per heavy atom. The Kier molecular flexibility index (Phi) is 4.98. The van der Waals surface area contributed by atoms with Crippen molar-refractivity contribution >= 4 is 8.30 Å². The second-order valence-corrected chi connectivity index (χ2v) is 6.47. The molecule has 1 rings (SSSR count). The van der Waals surface area contributed by atoms with E-state index in [1.807, 2.05) is 0 Å². The maximum Gasteiger partial charge on any atom is 0.101 e. The van der Waals surface area contributed by atoms with Crippen LogP contribution in [0, 0.1) is 5.92 Å². The lowest BCUT2D eigenvalue weighted by Gasteiger charge is -2.27. The van der Waals surface area contributed by atoms with Crippen LogP contribution in [-0.2, 0) is 9.26 Å². The predicted molar refractivity (Wildman–Crippen MR) is 65.2 cm³/mol. The molecule has 4 heteroatoms. The molecule has 1 saturated heterocycles. The second kappa shape index (κ2) is 5.58. The van der Waals surface area contributed by atoms with Crippen LogP contribution in [0.1, 0.15) is 27.2 Å². The maximum atomic E-state index is 6.12. The molecule has 15 heavy (non-hydrogen) atoms. The maximum absolute atomic E-state index is 6.12. The lowest BCUT2D eigenvalue weighted by Crippen LogP contribution is -2.28. The van der Waals surface area contributed by atoms with Gasteiger partial charge in [0.2, 0.25) is 0 Å². The van der Waals surface area contributed by atoms with Crippen LogP contribution in [0.25, 0.3) is 0 Å². The van der Waals surface area contributed by atoms with Crippen LogP contribution in [-0.4, -0.2) is 43.7 Å². The Hall–Kier alpha value is 0.310. The molecule has 0 aromatic heterocycles. The first-order valence-electron chi connectivity index (χ1n) is 5.70. The SMILES string of the molecule is CC[C@H]1O[C@@H](C)C(C)[C@H]1OP(C)N(C)C. The average molecular weight is 233 g/mol. The van der Waals surface area contributed by atoms with Crippen LogP contribution in [0.2, 0.25) is 0 Å². The van der Waals surface area contributed by atoms with E-state index in [0.717, 1.165) is 6.42 Å². The summed E-state index contributed by atoms with van der Waals surface area (Å²) < 4.78 is 14.2. The standard InChI is InChI=1S/C11H24NO2P/c1-7-10-11(8(2)9(3)13-10)14-15(6)12(4)5/h8-11H,7H2,1-6H3/t8?,9-,10+,11+,15?/m0/s1. The van der Waals surface area contributed by atoms with Crippen molar-refractivity contribution in [3.8, 4) is 0 Å². The highest BCUT2D eigenvalue weighted by atomic mass is 31.2. The summed E-state index contributed by atoms with van der Waals surface area (Å²) in [6, 6.07) is 0. The highest BCUT2D eigenvalue weighted by Gasteiger charge is 2.40. The molecule has 1 heterocycles. The van der Waals surface area contributed by atoms with Crippen LogP contribution < -0.4 is 0 Å². The van der Waals surface area contributed by atoms with E-state index >= 15 is 0 Å². The summed E-state index contributed by atoms with van der Waals surface area (Å²) in [7, 11) is 3.66. The Balaban J connectivity index is 2.58. The third-order valence-electron chi connectivity index (χ3n) is 3.25. The first-order chi connectivity index (χ1) is 6.97. The van der Waals surface area contributed by atoms with Crippen molar-refractivity contribution < 1.29 is 9.26 Å². The van der Waals surface area contributed by atoms with Crippen molar-refractivity contribution in [2.75, 3.05) is 20.8 Å². The zero-order valence-corrected chi connectivity index (χ0v) is 11.6. The van der Waals surface area contributed by atoms with Gasteiger partial charge in [-0.3, -0.25) is 4.67 Å². The van der Waals surface area contributed by atoms with Gasteiger partial charge in [0, 0.05) is 5.92 Å². The van der Waals surface area contributed by atoms with Crippen LogP contribution in [0.3, 0.4) is 0 Å². The van der Waals surface area contributed by atoms with Gasteiger partial charge in [-0.15, -0.1) is 0 Å². The molecular weight excluding hydrogens is 209 g/mol. The van der Waals surface area contributed by atoms with Gasteiger partial charge >= 0.3 is 0 Å². The molecule has 0 aromatic carbocycles. The number of rotatable bonds is 4. The van der Waals surface area contributed by atoms with Crippen molar-refractivity contribution in [1.29, 1.82) is 0 Å². The molecule has 0 amide bonds. The topological polar surface area (TPSA) is 21.7 Å². The molecule has 1 aliphatic rings. The van der Waals surface area contributed by atoms with Crippen LogP contribution in [0.4, 0.5) is 0 Å². The Bertz CT molecular complexity index is 201. The molecule has 2 unspecified atom stereocenters. The van der Waals surface area contributed by atoms with Crippen molar-refractivity contribution in [3.63, 3.8) is 0 Å². The molecule has 5 atom stereocenters. The average Bonchev–Trinajstić information content (AvgIpc) is 2.45. The van der Waals surface area contributed by atoms with Gasteiger partial charge in [0.05, 0.1) is 18.3 Å². The normalized spacial score (nSPS) is 38.6. The molecule has 1 aliphatic heterocycles. The van der Waals surface area contributed by atoms with Crippen molar-refractivity contribution in [2.45, 2.75) is 45.5 Å². The summed E-state index contributed by atoms with van der Waals surface area (Å²) in [6.45, 7) is 8.69. The van der Waals surface area contributed by atoms with Gasteiger partial charge in [-0.2, -0.15) is 0 Å². The molecule has 0 radical (unpaired) electrons. The molecule has 3 nitrogen and oxygen atoms in total. The van der Waals surface area contributed by atoms with E-state index < -0.39 is 8.30 Å². The number of hydrogen-bond donors (Lipinski definition) is 0. The van der Waals surface area contributed by atoms with Gasteiger partial charge < -0.3 is 9.26 Å². The minimum atomic E-state index is -0.475. The summed E-state index contributed by atoms with van der Waals surface area (Å²) in [5, 5.41) is 0. The van der Waals surface area contributed by atoms with Crippen molar-refractivity contribution in [3.05, 3.63) is 0 Å². The van der Waals surface area contributed by atoms with E-state index in [-0.39, 0.29) is 12.2 Å². The van der Waals surface area contributed by atoms with Crippen LogP contribution >= 0.6 is 8.30 Å². The first kappa shape index (κ1) is 13.4. The highest BCUT2D eigenvalue weighted by molar-refractivity contribution is 7.49. The van der Waals surface area contributed by atoms with Gasteiger partial charge in [-0.1, -0.05) is 13.8 Å². The summed E-state index contributed by atoms with van der Waals surface area (Å²) >= 11 is 0. The fourth-order valence-corrected chi connectivity index (χ4v) is 2.71. The van der Waals surface area contributed by atoms with Gasteiger partial charge in [-0.25, -0.2) is 0 Å². The van der Waals surface area contributed by atoms with E-state index in [1.165, 1.54) is 0 Å². The molecule has 0 aliphatic carbocycles. The van der Waals surface area contributed by atoms with Gasteiger partial charge in [-0.05, 0) is 34.1 Å². The van der Waals surface area contributed by atoms with E-state index in [9.17, 15) is 0 Å². The third-order valence-corrected chi connectivity index (χ3v) is 4.93. The molecule has 0 saturated carbocycles. The minimum absolute atomic E-state index is 0.267. The smallest absolute Gasteiger partial charge is 0.101 e. The van der Waals surface area contributed by atoms with Crippen LogP contribution in [0.15, 0.2) is 0 Å². The van der Waals surface area contributed by atoms with E-state index in [2.05, 4.69) is 46.2 Å². The monoisotopic (exact) mass is 233 g/mol. The summed E-state index contributed by atoms with van der Waals surface area (Å²) in [6.07, 6.45) is 1.91. The summed E-state index contributed by atoms with van der Waals surface area (Å²) in [5.74, 6) is 0.500. The lowest BCUT2D eigenvalue weighted by atomic mass is 9.98. The number of ether oxygens (including phenoxy) is 1. The minimum Gasteiger partial charge on any atom is -0.372 e. The van der Waals surface area contributed by atoms with Crippen LogP contribution in [0.5, 0.6) is 0 Å². The van der Waals surface area contributed by atoms with Gasteiger partial charge in [0.25, 0.3) is 0 Å². The van der Waals surface area contributed by atoms with Gasteiger partial charge in [0.15, 0.2) is 0 Å². The van der Waals surface area contributed by atoms with E-state index in [1.54, 1.807) is 0 Å². The number of hydrogen-bond acceptors (Lipinski definition) is 3. The Morgan fingerprint density at radius 1 is 1.33 bits per heavy atom. The second-order valence-electron chi connectivity index (χ2n) is 4.53. The highest BCUT2D eigenvalue weighted by Crippen LogP contribution is 2.42. The van der Waals surface area contributed by atoms with Crippen molar-refractivity contribution in [2.24, 2.45) is 5.92 Å². The first-order valence-corrected chi connectivity index (χ1v) is 7.36. The Morgan fingerprint density at radius 2 is 1.93 bits per heavy atom. The predicted octanol–water partition coefficient (Wildman–Crippen LogP) is 2.71. The molecule has 90 valence electrons. The zero-order valence-electron chi connectivity index (χ0n) is 10.7. The number of nitrogens with zero attached hydrogens (tertiary/aromatic N) is 1. The molecule has 0 spiro atoms. The van der Waals surface area contributed by atoms with Gasteiger partial charge in [0.1, 0.15) is 8.30 Å². The molecule has 0 bridgehead atoms. The molecule has 1 fully saturated rings. The van der Waals surface area contributed by atoms with Crippen molar-refractivity contribution in [1.82, 2.24) is 4.67 Å². The molecule has 0 N–H and O–H groups in total. The fraction of sp³-hybridized carbons (Fsp3) is 1.00. The largest absolute Gasteiger partial charge is 0.372 e. The molecular formula is C11H24NO2P. The van der Waals surface area contributed by atoms with E-state index in [0.29, 0.717) is 12.0 Å². The summed E-state index contributed by atoms with van der Waals surface area (Å²) in [5.41, 5.74) is 0. The lowest BCUT2D eigenvalue weighted by molar-refractivity contribution is 0.0229.